The van der Waals surface area contributed by atoms with E-state index in [1.165, 1.54) is 5.56 Å². The Hall–Kier alpha value is -2.90. The quantitative estimate of drug-likeness (QED) is 0.230. The minimum atomic E-state index is -0.153. The van der Waals surface area contributed by atoms with Gasteiger partial charge in [-0.15, -0.1) is 0 Å². The first-order valence-electron chi connectivity index (χ1n) is 13.1. The molecular weight excluding hydrogens is 530 g/mol. The number of aromatic nitrogens is 1. The van der Waals surface area contributed by atoms with Gasteiger partial charge in [-0.1, -0.05) is 78.7 Å². The smallest absolute Gasteiger partial charge is 0.249 e. The van der Waals surface area contributed by atoms with Gasteiger partial charge in [0.25, 0.3) is 0 Å². The van der Waals surface area contributed by atoms with Crippen LogP contribution in [-0.2, 0) is 34.0 Å². The molecule has 0 aliphatic carbocycles. The molecule has 3 rings (SSSR count). The maximum atomic E-state index is 13.4. The van der Waals surface area contributed by atoms with E-state index in [1.54, 1.807) is 4.90 Å². The van der Waals surface area contributed by atoms with Crippen LogP contribution < -0.4 is 0 Å². The zero-order chi connectivity index (χ0) is 26.5. The third-order valence-corrected chi connectivity index (χ3v) is 6.71. The van der Waals surface area contributed by atoms with Crippen LogP contribution in [0, 0.1) is 0 Å². The van der Waals surface area contributed by atoms with Crippen molar-refractivity contribution in [3.05, 3.63) is 94.2 Å². The Morgan fingerprint density at radius 2 is 1.59 bits per heavy atom. The minimum Gasteiger partial charge on any atom is -0.367 e. The molecule has 0 atom stereocenters. The number of hydrogen-bond acceptors (Lipinski definition) is 3. The van der Waals surface area contributed by atoms with Crippen LogP contribution in [0.4, 0.5) is 0 Å². The van der Waals surface area contributed by atoms with E-state index in [4.69, 9.17) is 4.74 Å². The molecule has 0 radical (unpaired) electrons. The van der Waals surface area contributed by atoms with Crippen LogP contribution in [0.3, 0.4) is 0 Å². The highest BCUT2D eigenvalue weighted by Crippen LogP contribution is 2.15. The second kappa shape index (κ2) is 15.4. The van der Waals surface area contributed by atoms with Crippen molar-refractivity contribution in [2.45, 2.75) is 52.8 Å². The van der Waals surface area contributed by atoms with Crippen molar-refractivity contribution in [1.82, 2.24) is 14.4 Å². The second-order valence-corrected chi connectivity index (χ2v) is 10.1. The number of halogens is 1. The van der Waals surface area contributed by atoms with Crippen molar-refractivity contribution >= 4 is 27.7 Å². The molecule has 0 aliphatic heterocycles. The van der Waals surface area contributed by atoms with Gasteiger partial charge in [-0.2, -0.15) is 0 Å². The van der Waals surface area contributed by atoms with E-state index in [2.05, 4.69) is 51.8 Å². The second-order valence-electron chi connectivity index (χ2n) is 9.22. The third kappa shape index (κ3) is 9.48. The molecule has 0 bridgehead atoms. The molecule has 37 heavy (non-hydrogen) atoms. The highest BCUT2D eigenvalue weighted by atomic mass is 79.9. The lowest BCUT2D eigenvalue weighted by Gasteiger charge is -2.28. The first-order valence-corrected chi connectivity index (χ1v) is 13.8. The highest BCUT2D eigenvalue weighted by molar-refractivity contribution is 9.10. The SMILES string of the molecule is CCCCN(Cc1cccn1Cc1ccc(Br)cc1)C(=O)CN(CCC)C(=O)COCc1ccccc1. The monoisotopic (exact) mass is 567 g/mol. The molecule has 0 aliphatic rings. The van der Waals surface area contributed by atoms with Gasteiger partial charge in [-0.3, -0.25) is 9.59 Å². The molecule has 198 valence electrons. The molecule has 0 unspecified atom stereocenters. The Balaban J connectivity index is 1.62. The zero-order valence-electron chi connectivity index (χ0n) is 21.9. The third-order valence-electron chi connectivity index (χ3n) is 6.19. The van der Waals surface area contributed by atoms with E-state index in [-0.39, 0.29) is 25.0 Å². The Kier molecular flexibility index (Phi) is 11.9. The number of ether oxygens (including phenoxy) is 1. The number of hydrogen-bond donors (Lipinski definition) is 0. The summed E-state index contributed by atoms with van der Waals surface area (Å²) in [6.45, 7) is 6.99. The van der Waals surface area contributed by atoms with Gasteiger partial charge in [0.05, 0.1) is 19.7 Å². The lowest BCUT2D eigenvalue weighted by atomic mass is 10.2. The van der Waals surface area contributed by atoms with Crippen LogP contribution >= 0.6 is 15.9 Å². The van der Waals surface area contributed by atoms with Crippen LogP contribution in [0.15, 0.2) is 77.4 Å². The molecule has 0 fully saturated rings. The number of amides is 2. The topological polar surface area (TPSA) is 54.8 Å². The lowest BCUT2D eigenvalue weighted by Crippen LogP contribution is -2.44. The zero-order valence-corrected chi connectivity index (χ0v) is 23.5. The summed E-state index contributed by atoms with van der Waals surface area (Å²) in [6.07, 6.45) is 4.75. The fraction of sp³-hybridized carbons (Fsp3) is 0.400. The number of carbonyl (C=O) groups excluding carboxylic acids is 2. The van der Waals surface area contributed by atoms with E-state index in [0.717, 1.165) is 41.5 Å². The van der Waals surface area contributed by atoms with Gasteiger partial charge in [-0.05, 0) is 48.2 Å². The predicted octanol–water partition coefficient (Wildman–Crippen LogP) is 5.88. The van der Waals surface area contributed by atoms with Crippen molar-refractivity contribution < 1.29 is 14.3 Å². The predicted molar refractivity (Wildman–Crippen MR) is 151 cm³/mol. The van der Waals surface area contributed by atoms with E-state index in [9.17, 15) is 9.59 Å². The average molecular weight is 569 g/mol. The number of nitrogens with zero attached hydrogens (tertiary/aromatic N) is 3. The largest absolute Gasteiger partial charge is 0.367 e. The van der Waals surface area contributed by atoms with E-state index < -0.39 is 0 Å². The molecule has 6 nitrogen and oxygen atoms in total. The van der Waals surface area contributed by atoms with Crippen molar-refractivity contribution in [3.8, 4) is 0 Å². The normalized spacial score (nSPS) is 10.9. The van der Waals surface area contributed by atoms with Crippen molar-refractivity contribution in [3.63, 3.8) is 0 Å². The molecule has 7 heteroatoms. The van der Waals surface area contributed by atoms with Gasteiger partial charge in [0.2, 0.25) is 11.8 Å². The fourth-order valence-corrected chi connectivity index (χ4v) is 4.38. The number of benzene rings is 2. The van der Waals surface area contributed by atoms with Crippen molar-refractivity contribution in [2.24, 2.45) is 0 Å². The summed E-state index contributed by atoms with van der Waals surface area (Å²) in [5.74, 6) is -0.185. The Morgan fingerprint density at radius 3 is 2.30 bits per heavy atom. The van der Waals surface area contributed by atoms with Gasteiger partial charge in [0, 0.05) is 36.0 Å². The summed E-state index contributed by atoms with van der Waals surface area (Å²) in [5, 5.41) is 0. The molecule has 0 spiro atoms. The van der Waals surface area contributed by atoms with Crippen LogP contribution in [0.5, 0.6) is 0 Å². The van der Waals surface area contributed by atoms with Gasteiger partial charge in [0.15, 0.2) is 0 Å². The van der Waals surface area contributed by atoms with Crippen molar-refractivity contribution in [1.29, 1.82) is 0 Å². The Morgan fingerprint density at radius 1 is 0.838 bits per heavy atom. The van der Waals surface area contributed by atoms with Crippen molar-refractivity contribution in [2.75, 3.05) is 26.2 Å². The van der Waals surface area contributed by atoms with Gasteiger partial charge < -0.3 is 19.1 Å². The summed E-state index contributed by atoms with van der Waals surface area (Å²) in [7, 11) is 0. The maximum Gasteiger partial charge on any atom is 0.249 e. The maximum absolute atomic E-state index is 13.4. The summed E-state index contributed by atoms with van der Waals surface area (Å²) in [4.78, 5) is 29.9. The minimum absolute atomic E-state index is 0.0327. The fourth-order valence-electron chi connectivity index (χ4n) is 4.12. The number of rotatable bonds is 15. The van der Waals surface area contributed by atoms with E-state index in [1.807, 2.05) is 60.4 Å². The average Bonchev–Trinajstić information content (AvgIpc) is 3.34. The first kappa shape index (κ1) is 28.7. The molecule has 0 N–H and O–H groups in total. The lowest BCUT2D eigenvalue weighted by molar-refractivity contribution is -0.144. The summed E-state index contributed by atoms with van der Waals surface area (Å²) in [5.41, 5.74) is 3.29. The molecule has 2 amide bonds. The van der Waals surface area contributed by atoms with E-state index >= 15 is 0 Å². The van der Waals surface area contributed by atoms with Gasteiger partial charge >= 0.3 is 0 Å². The molecule has 0 saturated carbocycles. The summed E-state index contributed by atoms with van der Waals surface area (Å²) < 4.78 is 8.89. The molecule has 3 aromatic rings. The molecule has 0 saturated heterocycles. The Bertz CT molecular complexity index is 1100. The summed E-state index contributed by atoms with van der Waals surface area (Å²) in [6, 6.07) is 22.1. The van der Waals surface area contributed by atoms with Crippen LogP contribution in [-0.4, -0.2) is 52.4 Å². The van der Waals surface area contributed by atoms with Crippen LogP contribution in [0.1, 0.15) is 49.9 Å². The standard InChI is InChI=1S/C30H38BrN3O3/c1-3-5-18-34(21-28-12-9-19-32(28)20-25-13-15-27(31)16-14-25)29(35)22-33(17-4-2)30(36)24-37-23-26-10-7-6-8-11-26/h6-16,19H,3-5,17-18,20-24H2,1-2H3. The number of unbranched alkanes of at least 4 members (excludes halogenated alkanes) is 1. The van der Waals surface area contributed by atoms with E-state index in [0.29, 0.717) is 26.2 Å². The van der Waals surface area contributed by atoms with Gasteiger partial charge in [0.1, 0.15) is 6.61 Å². The molecular formula is C30H38BrN3O3. The Labute approximate surface area is 229 Å². The first-order chi connectivity index (χ1) is 18.0. The molecule has 1 aromatic heterocycles. The molecule has 1 heterocycles. The summed E-state index contributed by atoms with van der Waals surface area (Å²) >= 11 is 3.49. The van der Waals surface area contributed by atoms with Gasteiger partial charge in [-0.25, -0.2) is 0 Å². The number of carbonyl (C=O) groups is 2. The van der Waals surface area contributed by atoms with Crippen LogP contribution in [0.25, 0.3) is 0 Å². The highest BCUT2D eigenvalue weighted by Gasteiger charge is 2.22. The molecule has 2 aromatic carbocycles. The van der Waals surface area contributed by atoms with Crippen LogP contribution in [0.2, 0.25) is 0 Å².